The number of rotatable bonds is 4. The molecule has 4 heterocycles. The summed E-state index contributed by atoms with van der Waals surface area (Å²) in [6.45, 7) is 2.02. The van der Waals surface area contributed by atoms with Crippen LogP contribution >= 0.6 is 0 Å². The standard InChI is InChI=1S/C19H17N9/c1-11(24-16-14-15(23-10-22-14)26-19(20)27-16)17-25-13-8-5-9-21-18(13)28(17)12-6-3-2-4-7-12/h2-11H,1H3,(H4,20,22,23,24,26,27)/t11-/m0/s1. The van der Waals surface area contributed by atoms with E-state index in [1.165, 1.54) is 0 Å². The minimum absolute atomic E-state index is 0.160. The molecule has 138 valence electrons. The molecule has 0 saturated carbocycles. The summed E-state index contributed by atoms with van der Waals surface area (Å²) in [5.74, 6) is 1.55. The van der Waals surface area contributed by atoms with Crippen molar-refractivity contribution >= 4 is 34.1 Å². The highest BCUT2D eigenvalue weighted by Crippen LogP contribution is 2.27. The lowest BCUT2D eigenvalue weighted by atomic mass is 10.2. The normalized spacial score (nSPS) is 12.5. The van der Waals surface area contributed by atoms with E-state index in [-0.39, 0.29) is 12.0 Å². The zero-order chi connectivity index (χ0) is 19.1. The van der Waals surface area contributed by atoms with Gasteiger partial charge in [-0.3, -0.25) is 4.57 Å². The van der Waals surface area contributed by atoms with Gasteiger partial charge in [0.25, 0.3) is 0 Å². The van der Waals surface area contributed by atoms with Gasteiger partial charge in [0.1, 0.15) is 16.9 Å². The SMILES string of the molecule is C[C@H](Nc1nc(N)nc2nc[nH]c12)c1nc2cccnc2n1-c1ccccc1. The van der Waals surface area contributed by atoms with Crippen molar-refractivity contribution in [1.82, 2.24) is 34.5 Å². The van der Waals surface area contributed by atoms with E-state index in [1.54, 1.807) is 12.5 Å². The van der Waals surface area contributed by atoms with E-state index in [1.807, 2.05) is 54.0 Å². The molecule has 0 radical (unpaired) electrons. The molecule has 4 N–H and O–H groups in total. The summed E-state index contributed by atoms with van der Waals surface area (Å²) in [4.78, 5) is 25.0. The molecular formula is C19H17N9. The van der Waals surface area contributed by atoms with Crippen molar-refractivity contribution in [3.05, 3.63) is 60.8 Å². The summed E-state index contributed by atoms with van der Waals surface area (Å²) in [7, 11) is 0. The van der Waals surface area contributed by atoms with Crippen LogP contribution in [0.3, 0.4) is 0 Å². The summed E-state index contributed by atoms with van der Waals surface area (Å²) >= 11 is 0. The molecular weight excluding hydrogens is 354 g/mol. The second-order valence-corrected chi connectivity index (χ2v) is 6.38. The zero-order valence-corrected chi connectivity index (χ0v) is 15.0. The third-order valence-corrected chi connectivity index (χ3v) is 4.50. The predicted octanol–water partition coefficient (Wildman–Crippen LogP) is 2.84. The second-order valence-electron chi connectivity index (χ2n) is 6.38. The molecule has 0 aliphatic rings. The maximum absolute atomic E-state index is 5.83. The minimum Gasteiger partial charge on any atom is -0.368 e. The molecule has 9 heteroatoms. The van der Waals surface area contributed by atoms with Crippen molar-refractivity contribution in [3.63, 3.8) is 0 Å². The van der Waals surface area contributed by atoms with E-state index in [4.69, 9.17) is 10.7 Å². The number of nitrogens with two attached hydrogens (primary N) is 1. The van der Waals surface area contributed by atoms with Gasteiger partial charge in [-0.15, -0.1) is 0 Å². The lowest BCUT2D eigenvalue weighted by molar-refractivity contribution is 0.767. The number of nitrogens with one attached hydrogen (secondary N) is 2. The van der Waals surface area contributed by atoms with E-state index < -0.39 is 0 Å². The first kappa shape index (κ1) is 16.2. The Morgan fingerprint density at radius 3 is 2.75 bits per heavy atom. The molecule has 0 amide bonds. The molecule has 9 nitrogen and oxygen atoms in total. The number of anilines is 2. The van der Waals surface area contributed by atoms with Crippen LogP contribution in [0.2, 0.25) is 0 Å². The average Bonchev–Trinajstić information content (AvgIpc) is 3.33. The molecule has 1 atom stereocenters. The molecule has 0 bridgehead atoms. The number of imidazole rings is 2. The molecule has 0 aliphatic heterocycles. The maximum atomic E-state index is 5.83. The summed E-state index contributed by atoms with van der Waals surface area (Å²) < 4.78 is 2.04. The van der Waals surface area contributed by atoms with E-state index >= 15 is 0 Å². The molecule has 0 spiro atoms. The van der Waals surface area contributed by atoms with Crippen molar-refractivity contribution in [2.24, 2.45) is 0 Å². The predicted molar refractivity (Wildman–Crippen MR) is 107 cm³/mol. The van der Waals surface area contributed by atoms with Gasteiger partial charge in [0.15, 0.2) is 17.1 Å². The van der Waals surface area contributed by atoms with Crippen LogP contribution in [0.25, 0.3) is 28.0 Å². The van der Waals surface area contributed by atoms with Crippen LogP contribution < -0.4 is 11.1 Å². The number of fused-ring (bicyclic) bond motifs is 2. The van der Waals surface area contributed by atoms with Gasteiger partial charge in [-0.2, -0.15) is 9.97 Å². The van der Waals surface area contributed by atoms with Gasteiger partial charge in [-0.25, -0.2) is 15.0 Å². The number of hydrogen-bond donors (Lipinski definition) is 3. The summed E-state index contributed by atoms with van der Waals surface area (Å²) in [5.41, 5.74) is 9.65. The molecule has 4 aromatic heterocycles. The number of nitrogen functional groups attached to an aromatic ring is 1. The molecule has 1 aromatic carbocycles. The van der Waals surface area contributed by atoms with Crippen molar-refractivity contribution in [3.8, 4) is 5.69 Å². The number of hydrogen-bond acceptors (Lipinski definition) is 7. The topological polar surface area (TPSA) is 123 Å². The first-order valence-corrected chi connectivity index (χ1v) is 8.82. The van der Waals surface area contributed by atoms with Gasteiger partial charge in [0.2, 0.25) is 5.95 Å². The quantitative estimate of drug-likeness (QED) is 0.444. The number of aromatic nitrogens is 7. The molecule has 0 saturated heterocycles. The number of nitrogens with zero attached hydrogens (tertiary/aromatic N) is 6. The van der Waals surface area contributed by atoms with Crippen LogP contribution in [-0.4, -0.2) is 34.5 Å². The Bertz CT molecular complexity index is 1270. The molecule has 0 fully saturated rings. The van der Waals surface area contributed by atoms with Crippen molar-refractivity contribution < 1.29 is 0 Å². The average molecular weight is 371 g/mol. The summed E-state index contributed by atoms with van der Waals surface area (Å²) in [6, 6.07) is 13.7. The van der Waals surface area contributed by atoms with Crippen molar-refractivity contribution in [2.45, 2.75) is 13.0 Å². The van der Waals surface area contributed by atoms with Gasteiger partial charge < -0.3 is 16.0 Å². The third-order valence-electron chi connectivity index (χ3n) is 4.50. The van der Waals surface area contributed by atoms with E-state index in [9.17, 15) is 0 Å². The van der Waals surface area contributed by atoms with Crippen molar-refractivity contribution in [2.75, 3.05) is 11.1 Å². The number of benzene rings is 1. The fourth-order valence-electron chi connectivity index (χ4n) is 3.28. The van der Waals surface area contributed by atoms with Gasteiger partial charge in [0, 0.05) is 11.9 Å². The van der Waals surface area contributed by atoms with Crippen LogP contribution in [-0.2, 0) is 0 Å². The van der Waals surface area contributed by atoms with Crippen LogP contribution in [0, 0.1) is 0 Å². The highest BCUT2D eigenvalue weighted by molar-refractivity contribution is 5.83. The first-order chi connectivity index (χ1) is 13.7. The van der Waals surface area contributed by atoms with Crippen LogP contribution in [0.1, 0.15) is 18.8 Å². The lowest BCUT2D eigenvalue weighted by Crippen LogP contribution is -2.15. The Labute approximate surface area is 159 Å². The van der Waals surface area contributed by atoms with Crippen LogP contribution in [0.15, 0.2) is 55.0 Å². The van der Waals surface area contributed by atoms with E-state index in [0.717, 1.165) is 22.7 Å². The van der Waals surface area contributed by atoms with Gasteiger partial charge in [-0.05, 0) is 31.2 Å². The Morgan fingerprint density at radius 1 is 1.04 bits per heavy atom. The molecule has 0 unspecified atom stereocenters. The molecule has 28 heavy (non-hydrogen) atoms. The Balaban J connectivity index is 1.63. The van der Waals surface area contributed by atoms with Crippen LogP contribution in [0.4, 0.5) is 11.8 Å². The highest BCUT2D eigenvalue weighted by atomic mass is 15.2. The summed E-state index contributed by atoms with van der Waals surface area (Å²) in [6.07, 6.45) is 3.34. The Morgan fingerprint density at radius 2 is 1.89 bits per heavy atom. The van der Waals surface area contributed by atoms with Gasteiger partial charge in [0.05, 0.1) is 12.4 Å². The Hall–Kier alpha value is -4.01. The van der Waals surface area contributed by atoms with Gasteiger partial charge in [-0.1, -0.05) is 18.2 Å². The number of H-pyrrole nitrogens is 1. The molecule has 5 rings (SSSR count). The number of pyridine rings is 1. The van der Waals surface area contributed by atoms with E-state index in [2.05, 4.69) is 30.2 Å². The van der Waals surface area contributed by atoms with E-state index in [0.29, 0.717) is 17.0 Å². The second kappa shape index (κ2) is 6.31. The minimum atomic E-state index is -0.185. The van der Waals surface area contributed by atoms with Gasteiger partial charge >= 0.3 is 0 Å². The summed E-state index contributed by atoms with van der Waals surface area (Å²) in [5, 5.41) is 3.39. The molecule has 0 aliphatic carbocycles. The first-order valence-electron chi connectivity index (χ1n) is 8.82. The fraction of sp³-hybridized carbons (Fsp3) is 0.105. The molecule has 5 aromatic rings. The number of aromatic amines is 1. The zero-order valence-electron chi connectivity index (χ0n) is 15.0. The largest absolute Gasteiger partial charge is 0.368 e. The van der Waals surface area contributed by atoms with Crippen LogP contribution in [0.5, 0.6) is 0 Å². The maximum Gasteiger partial charge on any atom is 0.224 e. The highest BCUT2D eigenvalue weighted by Gasteiger charge is 2.20. The Kier molecular flexibility index (Phi) is 3.64. The smallest absolute Gasteiger partial charge is 0.224 e. The fourth-order valence-corrected chi connectivity index (χ4v) is 3.28. The number of para-hydroxylation sites is 1. The van der Waals surface area contributed by atoms with Crippen molar-refractivity contribution in [1.29, 1.82) is 0 Å². The third kappa shape index (κ3) is 2.60. The monoisotopic (exact) mass is 371 g/mol. The lowest BCUT2D eigenvalue weighted by Gasteiger charge is -2.17.